The molecule has 21 heavy (non-hydrogen) atoms. The van der Waals surface area contributed by atoms with Gasteiger partial charge in [-0.1, -0.05) is 24.3 Å². The van der Waals surface area contributed by atoms with Gasteiger partial charge in [-0.25, -0.2) is 0 Å². The van der Waals surface area contributed by atoms with Crippen LogP contribution in [0.2, 0.25) is 0 Å². The van der Waals surface area contributed by atoms with Gasteiger partial charge in [-0.3, -0.25) is 4.79 Å². The fraction of sp³-hybridized carbons (Fsp3) is 0.400. The van der Waals surface area contributed by atoms with Crippen molar-refractivity contribution in [1.29, 1.82) is 0 Å². The van der Waals surface area contributed by atoms with E-state index in [4.69, 9.17) is 0 Å². The maximum Gasteiger partial charge on any atom is 0.232 e. The number of thioether (sulfide) groups is 1. The molecule has 1 aromatic carbocycles. The molecule has 0 aliphatic carbocycles. The van der Waals surface area contributed by atoms with E-state index in [1.54, 1.807) is 11.8 Å². The van der Waals surface area contributed by atoms with Gasteiger partial charge in [-0.15, -0.1) is 11.8 Å². The van der Waals surface area contributed by atoms with Gasteiger partial charge in [0.25, 0.3) is 0 Å². The number of amides is 1. The number of aryl methyl sites for hydroxylation is 1. The first-order valence-corrected chi connectivity index (χ1v) is 8.83. The van der Waals surface area contributed by atoms with E-state index in [9.17, 15) is 4.79 Å². The molecule has 3 rings (SSSR count). The maximum absolute atomic E-state index is 12.3. The number of hydrogen-bond donors (Lipinski definition) is 0. The van der Waals surface area contributed by atoms with Gasteiger partial charge in [0.15, 0.2) is 0 Å². The highest BCUT2D eigenvalue weighted by molar-refractivity contribution is 7.99. The van der Waals surface area contributed by atoms with E-state index in [2.05, 4.69) is 26.9 Å². The van der Waals surface area contributed by atoms with Crippen molar-refractivity contribution in [1.82, 2.24) is 13.6 Å². The summed E-state index contributed by atoms with van der Waals surface area (Å²) >= 11 is 2.86. The van der Waals surface area contributed by atoms with Crippen molar-refractivity contribution in [3.8, 4) is 0 Å². The number of aromatic nitrogens is 2. The Labute approximate surface area is 132 Å². The highest BCUT2D eigenvalue weighted by Gasteiger charge is 2.20. The molecule has 2 aromatic rings. The van der Waals surface area contributed by atoms with Gasteiger partial charge in [0.1, 0.15) is 0 Å². The number of carbonyl (C=O) groups excluding carboxylic acids is 1. The molecule has 6 heteroatoms. The van der Waals surface area contributed by atoms with E-state index >= 15 is 0 Å². The summed E-state index contributed by atoms with van der Waals surface area (Å²) in [7, 11) is 0. The first-order chi connectivity index (χ1) is 10.2. The van der Waals surface area contributed by atoms with Crippen molar-refractivity contribution in [3.63, 3.8) is 0 Å². The fourth-order valence-electron chi connectivity index (χ4n) is 2.42. The van der Waals surface area contributed by atoms with Gasteiger partial charge in [0, 0.05) is 18.8 Å². The smallest absolute Gasteiger partial charge is 0.232 e. The first-order valence-electron chi connectivity index (χ1n) is 6.94. The summed E-state index contributed by atoms with van der Waals surface area (Å²) in [6.07, 6.45) is 0.960. The second-order valence-corrected chi connectivity index (χ2v) is 6.64. The quantitative estimate of drug-likeness (QED) is 0.869. The van der Waals surface area contributed by atoms with Crippen LogP contribution in [0.3, 0.4) is 0 Å². The Kier molecular flexibility index (Phi) is 4.55. The maximum atomic E-state index is 12.3. The second-order valence-electron chi connectivity index (χ2n) is 5.12. The molecule has 0 radical (unpaired) electrons. The van der Waals surface area contributed by atoms with Crippen LogP contribution in [0.25, 0.3) is 0 Å². The third kappa shape index (κ3) is 3.44. The molecule has 1 amide bonds. The Morgan fingerprint density at radius 2 is 2.14 bits per heavy atom. The number of hydrogen-bond acceptors (Lipinski definition) is 5. The molecule has 4 nitrogen and oxygen atoms in total. The van der Waals surface area contributed by atoms with Crippen LogP contribution in [-0.4, -0.2) is 31.9 Å². The van der Waals surface area contributed by atoms with Crippen molar-refractivity contribution < 1.29 is 4.79 Å². The molecular formula is C15H17N3OS2. The molecule has 110 valence electrons. The molecule has 0 fully saturated rings. The van der Waals surface area contributed by atoms with E-state index in [1.807, 2.05) is 17.9 Å². The monoisotopic (exact) mass is 319 g/mol. The van der Waals surface area contributed by atoms with Crippen molar-refractivity contribution in [3.05, 3.63) is 46.8 Å². The average Bonchev–Trinajstić information content (AvgIpc) is 2.92. The zero-order valence-corrected chi connectivity index (χ0v) is 13.5. The molecule has 0 N–H and O–H groups in total. The summed E-state index contributed by atoms with van der Waals surface area (Å²) in [6.45, 7) is 3.53. The molecule has 0 bridgehead atoms. The molecule has 1 aromatic heterocycles. The van der Waals surface area contributed by atoms with Crippen LogP contribution in [0, 0.1) is 6.92 Å². The van der Waals surface area contributed by atoms with Crippen LogP contribution in [0.4, 0.5) is 0 Å². The molecule has 0 atom stereocenters. The molecule has 0 spiro atoms. The van der Waals surface area contributed by atoms with Crippen molar-refractivity contribution in [2.45, 2.75) is 25.6 Å². The van der Waals surface area contributed by atoms with Crippen LogP contribution < -0.4 is 0 Å². The van der Waals surface area contributed by atoms with Crippen molar-refractivity contribution in [2.75, 3.05) is 12.3 Å². The lowest BCUT2D eigenvalue weighted by molar-refractivity contribution is -0.129. The van der Waals surface area contributed by atoms with Crippen LogP contribution in [0.15, 0.2) is 24.3 Å². The highest BCUT2D eigenvalue weighted by Crippen LogP contribution is 2.20. The van der Waals surface area contributed by atoms with E-state index in [-0.39, 0.29) is 5.91 Å². The van der Waals surface area contributed by atoms with E-state index in [0.717, 1.165) is 36.7 Å². The Bertz CT molecular complexity index is 641. The van der Waals surface area contributed by atoms with Gasteiger partial charge in [0.2, 0.25) is 5.91 Å². The molecule has 1 aliphatic heterocycles. The van der Waals surface area contributed by atoms with Crippen LogP contribution in [-0.2, 0) is 23.5 Å². The highest BCUT2D eigenvalue weighted by atomic mass is 32.2. The van der Waals surface area contributed by atoms with E-state index in [1.165, 1.54) is 22.9 Å². The van der Waals surface area contributed by atoms with Gasteiger partial charge >= 0.3 is 0 Å². The molecular weight excluding hydrogens is 302 g/mol. The third-order valence-electron chi connectivity index (χ3n) is 3.69. The van der Waals surface area contributed by atoms with Gasteiger partial charge in [0.05, 0.1) is 28.9 Å². The Balaban J connectivity index is 1.52. The Morgan fingerprint density at radius 1 is 1.33 bits per heavy atom. The van der Waals surface area contributed by atoms with E-state index in [0.29, 0.717) is 5.75 Å². The lowest BCUT2D eigenvalue weighted by atomic mass is 10.00. The standard InChI is InChI=1S/C15H17N3OS2/c1-11-14(17-21-16-11)9-20-10-15(19)18-7-6-12-4-2-3-5-13(12)8-18/h2-5H,6-10H2,1H3. The third-order valence-corrected chi connectivity index (χ3v) is 5.28. The zero-order valence-electron chi connectivity index (χ0n) is 11.9. The molecule has 1 aliphatic rings. The van der Waals surface area contributed by atoms with E-state index < -0.39 is 0 Å². The number of fused-ring (bicyclic) bond motifs is 1. The minimum Gasteiger partial charge on any atom is -0.337 e. The fourth-order valence-corrected chi connectivity index (χ4v) is 3.99. The summed E-state index contributed by atoms with van der Waals surface area (Å²) in [4.78, 5) is 14.3. The number of benzene rings is 1. The minimum absolute atomic E-state index is 0.218. The lowest BCUT2D eigenvalue weighted by Gasteiger charge is -2.28. The topological polar surface area (TPSA) is 46.1 Å². The van der Waals surface area contributed by atoms with Crippen LogP contribution in [0.1, 0.15) is 22.5 Å². The first kappa shape index (κ1) is 14.5. The average molecular weight is 319 g/mol. The summed E-state index contributed by atoms with van der Waals surface area (Å²) < 4.78 is 8.39. The van der Waals surface area contributed by atoms with Gasteiger partial charge in [-0.2, -0.15) is 8.75 Å². The SMILES string of the molecule is Cc1nsnc1CSCC(=O)N1CCc2ccccc2C1. The largest absolute Gasteiger partial charge is 0.337 e. The lowest BCUT2D eigenvalue weighted by Crippen LogP contribution is -2.37. The van der Waals surface area contributed by atoms with Crippen LogP contribution in [0.5, 0.6) is 0 Å². The zero-order chi connectivity index (χ0) is 14.7. The molecule has 0 unspecified atom stereocenters. The van der Waals surface area contributed by atoms with Crippen molar-refractivity contribution >= 4 is 29.4 Å². The van der Waals surface area contributed by atoms with Gasteiger partial charge in [-0.05, 0) is 24.5 Å². The van der Waals surface area contributed by atoms with Crippen LogP contribution >= 0.6 is 23.5 Å². The van der Waals surface area contributed by atoms with Crippen molar-refractivity contribution in [2.24, 2.45) is 0 Å². The summed E-state index contributed by atoms with van der Waals surface area (Å²) in [5, 5.41) is 0. The van der Waals surface area contributed by atoms with Gasteiger partial charge < -0.3 is 4.90 Å². The summed E-state index contributed by atoms with van der Waals surface area (Å²) in [5.41, 5.74) is 4.63. The number of carbonyl (C=O) groups is 1. The normalized spacial score (nSPS) is 14.0. The molecule has 2 heterocycles. The summed E-state index contributed by atoms with van der Waals surface area (Å²) in [5.74, 6) is 1.49. The predicted octanol–water partition coefficient (Wildman–Crippen LogP) is 2.66. The molecule has 0 saturated heterocycles. The number of nitrogens with zero attached hydrogens (tertiary/aromatic N) is 3. The molecule has 0 saturated carbocycles. The summed E-state index contributed by atoms with van der Waals surface area (Å²) in [6, 6.07) is 8.38. The second kappa shape index (κ2) is 6.58. The number of rotatable bonds is 4. The predicted molar refractivity (Wildman–Crippen MR) is 86.4 cm³/mol. The Morgan fingerprint density at radius 3 is 2.90 bits per heavy atom. The minimum atomic E-state index is 0.218. The Hall–Kier alpha value is -1.40.